The van der Waals surface area contributed by atoms with E-state index in [1.807, 2.05) is 68.4 Å². The van der Waals surface area contributed by atoms with E-state index >= 15 is 0 Å². The second-order valence-corrected chi connectivity index (χ2v) is 7.89. The van der Waals surface area contributed by atoms with Crippen LogP contribution < -0.4 is 4.74 Å². The Morgan fingerprint density at radius 3 is 2.41 bits per heavy atom. The van der Waals surface area contributed by atoms with Crippen LogP contribution in [0.2, 0.25) is 0 Å². The van der Waals surface area contributed by atoms with E-state index in [9.17, 15) is 4.79 Å². The van der Waals surface area contributed by atoms with Gasteiger partial charge in [0.15, 0.2) is 6.10 Å². The van der Waals surface area contributed by atoms with E-state index in [-0.39, 0.29) is 6.10 Å². The van der Waals surface area contributed by atoms with E-state index in [0.29, 0.717) is 45.0 Å². The number of aryl methyl sites for hydroxylation is 1. The van der Waals surface area contributed by atoms with Gasteiger partial charge in [-0.3, -0.25) is 0 Å². The van der Waals surface area contributed by atoms with Gasteiger partial charge in [-0.15, -0.1) is 0 Å². The molecule has 182 valence electrons. The predicted molar refractivity (Wildman–Crippen MR) is 129 cm³/mol. The summed E-state index contributed by atoms with van der Waals surface area (Å²) >= 11 is 0. The van der Waals surface area contributed by atoms with Crippen LogP contribution in [0.15, 0.2) is 59.0 Å². The van der Waals surface area contributed by atoms with Crippen molar-refractivity contribution in [2.24, 2.45) is 0 Å². The molecule has 0 radical (unpaired) electrons. The average Bonchev–Trinajstić information content (AvgIpc) is 3.22. The lowest BCUT2D eigenvalue weighted by atomic mass is 10.1. The molecular weight excluding hydrogens is 434 g/mol. The Balaban J connectivity index is 1.51. The molecule has 1 aromatic heterocycles. The minimum absolute atomic E-state index is 0.167. The summed E-state index contributed by atoms with van der Waals surface area (Å²) in [5, 5.41) is 9.12. The van der Waals surface area contributed by atoms with E-state index < -0.39 is 12.1 Å². The van der Waals surface area contributed by atoms with Gasteiger partial charge in [0.1, 0.15) is 11.5 Å². The number of oxazole rings is 1. The summed E-state index contributed by atoms with van der Waals surface area (Å²) in [6, 6.07) is 17.6. The molecule has 1 heterocycles. The summed E-state index contributed by atoms with van der Waals surface area (Å²) in [5.74, 6) is 1.25. The first-order valence-electron chi connectivity index (χ1n) is 11.7. The maximum absolute atomic E-state index is 11.1. The fraction of sp³-hybridized carbons (Fsp3) is 0.407. The van der Waals surface area contributed by atoms with Crippen molar-refractivity contribution in [1.29, 1.82) is 0 Å². The quantitative estimate of drug-likeness (QED) is 0.329. The molecule has 7 heteroatoms. The van der Waals surface area contributed by atoms with Gasteiger partial charge in [0.2, 0.25) is 5.89 Å². The number of rotatable bonds is 14. The molecule has 7 nitrogen and oxygen atoms in total. The second-order valence-electron chi connectivity index (χ2n) is 7.89. The molecule has 3 rings (SSSR count). The number of hydrogen-bond donors (Lipinski definition) is 1. The minimum Gasteiger partial charge on any atom is -0.493 e. The molecule has 0 aliphatic carbocycles. The zero-order valence-corrected chi connectivity index (χ0v) is 20.0. The van der Waals surface area contributed by atoms with Crippen LogP contribution in [-0.2, 0) is 20.7 Å². The molecule has 3 aromatic rings. The first-order valence-corrected chi connectivity index (χ1v) is 11.7. The van der Waals surface area contributed by atoms with Crippen molar-refractivity contribution in [3.05, 3.63) is 71.6 Å². The van der Waals surface area contributed by atoms with Crippen LogP contribution in [0.5, 0.6) is 5.75 Å². The summed E-state index contributed by atoms with van der Waals surface area (Å²) in [4.78, 5) is 15.7. The highest BCUT2D eigenvalue weighted by Crippen LogP contribution is 2.25. The van der Waals surface area contributed by atoms with Crippen molar-refractivity contribution in [1.82, 2.24) is 4.98 Å². The minimum atomic E-state index is -0.936. The third kappa shape index (κ3) is 7.17. The topological polar surface area (TPSA) is 91.0 Å². The Hall–Kier alpha value is -3.16. The predicted octanol–water partition coefficient (Wildman–Crippen LogP) is 5.62. The Morgan fingerprint density at radius 2 is 1.76 bits per heavy atom. The van der Waals surface area contributed by atoms with Gasteiger partial charge in [-0.1, -0.05) is 37.3 Å². The summed E-state index contributed by atoms with van der Waals surface area (Å²) in [7, 11) is 0. The highest BCUT2D eigenvalue weighted by atomic mass is 16.5. The SMILES string of the molecule is CCOC(CCOC(CC)C(=O)O)c1ccc(OCCc2nc(-c3ccccc3)oc2C)cc1. The van der Waals surface area contributed by atoms with Crippen LogP contribution in [0.3, 0.4) is 0 Å². The molecule has 0 saturated carbocycles. The van der Waals surface area contributed by atoms with Gasteiger partial charge in [0.25, 0.3) is 0 Å². The average molecular weight is 468 g/mol. The maximum atomic E-state index is 11.1. The van der Waals surface area contributed by atoms with Gasteiger partial charge in [0.05, 0.1) is 25.0 Å². The van der Waals surface area contributed by atoms with Crippen LogP contribution in [0.1, 0.15) is 49.8 Å². The molecular formula is C27H33NO6. The van der Waals surface area contributed by atoms with Crippen LogP contribution >= 0.6 is 0 Å². The van der Waals surface area contributed by atoms with E-state index in [0.717, 1.165) is 28.3 Å². The smallest absolute Gasteiger partial charge is 0.332 e. The molecule has 0 amide bonds. The Kier molecular flexibility index (Phi) is 9.67. The molecule has 34 heavy (non-hydrogen) atoms. The van der Waals surface area contributed by atoms with Gasteiger partial charge in [-0.2, -0.15) is 0 Å². The summed E-state index contributed by atoms with van der Waals surface area (Å²) in [6.07, 6.45) is 0.704. The molecule has 0 saturated heterocycles. The highest BCUT2D eigenvalue weighted by molar-refractivity contribution is 5.72. The zero-order chi connectivity index (χ0) is 24.3. The number of benzene rings is 2. The standard InChI is InChI=1S/C27H33NO6/c1-4-24(27(29)30)33-18-16-25(31-5-2)20-11-13-22(14-12-20)32-17-15-23-19(3)34-26(28-23)21-9-7-6-8-10-21/h6-14,24-25H,4-5,15-18H2,1-3H3,(H,29,30). The largest absolute Gasteiger partial charge is 0.493 e. The number of ether oxygens (including phenoxy) is 3. The fourth-order valence-electron chi connectivity index (χ4n) is 3.64. The van der Waals surface area contributed by atoms with Gasteiger partial charge in [-0.05, 0) is 50.1 Å². The normalized spacial score (nSPS) is 12.9. The van der Waals surface area contributed by atoms with Crippen molar-refractivity contribution >= 4 is 5.97 Å². The van der Waals surface area contributed by atoms with Crippen LogP contribution in [0, 0.1) is 6.92 Å². The fourth-order valence-corrected chi connectivity index (χ4v) is 3.64. The number of carbonyl (C=O) groups is 1. The lowest BCUT2D eigenvalue weighted by Crippen LogP contribution is -2.24. The Bertz CT molecular complexity index is 1020. The van der Waals surface area contributed by atoms with Gasteiger partial charge in [-0.25, -0.2) is 9.78 Å². The molecule has 0 aliphatic heterocycles. The number of carboxylic acids is 1. The van der Waals surface area contributed by atoms with Crippen molar-refractivity contribution in [2.75, 3.05) is 19.8 Å². The molecule has 0 fully saturated rings. The van der Waals surface area contributed by atoms with E-state index in [1.54, 1.807) is 6.92 Å². The number of nitrogens with zero attached hydrogens (tertiary/aromatic N) is 1. The van der Waals surface area contributed by atoms with Crippen LogP contribution in [0.25, 0.3) is 11.5 Å². The molecule has 0 aliphatic rings. The number of carboxylic acid groups (broad SMARTS) is 1. The van der Waals surface area contributed by atoms with Crippen molar-refractivity contribution < 1.29 is 28.5 Å². The molecule has 2 unspecified atom stereocenters. The van der Waals surface area contributed by atoms with E-state index in [2.05, 4.69) is 4.98 Å². The highest BCUT2D eigenvalue weighted by Gasteiger charge is 2.18. The maximum Gasteiger partial charge on any atom is 0.332 e. The van der Waals surface area contributed by atoms with Gasteiger partial charge >= 0.3 is 5.97 Å². The molecule has 0 spiro atoms. The van der Waals surface area contributed by atoms with Crippen LogP contribution in [-0.4, -0.2) is 42.0 Å². The molecule has 2 atom stereocenters. The second kappa shape index (κ2) is 12.9. The number of aliphatic carboxylic acids is 1. The van der Waals surface area contributed by atoms with Crippen molar-refractivity contribution in [3.8, 4) is 17.2 Å². The van der Waals surface area contributed by atoms with Gasteiger partial charge < -0.3 is 23.7 Å². The molecule has 2 aromatic carbocycles. The van der Waals surface area contributed by atoms with Gasteiger partial charge in [0, 0.05) is 25.0 Å². The summed E-state index contributed by atoms with van der Waals surface area (Å²) < 4.78 is 23.1. The van der Waals surface area contributed by atoms with E-state index in [1.165, 1.54) is 0 Å². The summed E-state index contributed by atoms with van der Waals surface area (Å²) in [5.41, 5.74) is 2.84. The Labute approximate surface area is 200 Å². The molecule has 0 bridgehead atoms. The number of hydrogen-bond acceptors (Lipinski definition) is 6. The first kappa shape index (κ1) is 25.5. The monoisotopic (exact) mass is 467 g/mol. The lowest BCUT2D eigenvalue weighted by molar-refractivity contribution is -0.151. The van der Waals surface area contributed by atoms with Crippen LogP contribution in [0.4, 0.5) is 0 Å². The van der Waals surface area contributed by atoms with Crippen molar-refractivity contribution in [3.63, 3.8) is 0 Å². The van der Waals surface area contributed by atoms with Crippen molar-refractivity contribution in [2.45, 2.75) is 52.2 Å². The number of aromatic nitrogens is 1. The zero-order valence-electron chi connectivity index (χ0n) is 20.0. The first-order chi connectivity index (χ1) is 16.5. The van der Waals surface area contributed by atoms with E-state index in [4.69, 9.17) is 23.7 Å². The lowest BCUT2D eigenvalue weighted by Gasteiger charge is -2.19. The third-order valence-corrected chi connectivity index (χ3v) is 5.49. The Morgan fingerprint density at radius 1 is 1.03 bits per heavy atom. The molecule has 1 N–H and O–H groups in total. The third-order valence-electron chi connectivity index (χ3n) is 5.49. The summed E-state index contributed by atoms with van der Waals surface area (Å²) in [6.45, 7) is 7.00.